The van der Waals surface area contributed by atoms with Gasteiger partial charge in [0.25, 0.3) is 0 Å². The fourth-order valence-electron chi connectivity index (χ4n) is 2.78. The van der Waals surface area contributed by atoms with E-state index in [2.05, 4.69) is 53.4 Å². The maximum absolute atomic E-state index is 5.80. The molecule has 0 saturated carbocycles. The van der Waals surface area contributed by atoms with Crippen LogP contribution in [0.15, 0.2) is 54.6 Å². The van der Waals surface area contributed by atoms with E-state index in [9.17, 15) is 0 Å². The number of hydrogen-bond acceptors (Lipinski definition) is 2. The van der Waals surface area contributed by atoms with Crippen LogP contribution in [0.2, 0.25) is 0 Å². The molecule has 0 radical (unpaired) electrons. The van der Waals surface area contributed by atoms with Gasteiger partial charge in [0.05, 0.1) is 13.2 Å². The smallest absolute Gasteiger partial charge is 0.0717 e. The topological polar surface area (TPSA) is 12.5 Å². The summed E-state index contributed by atoms with van der Waals surface area (Å²) < 4.78 is 5.80. The summed E-state index contributed by atoms with van der Waals surface area (Å²) in [5.41, 5.74) is 4.11. The molecule has 20 heavy (non-hydrogen) atoms. The third-order valence-corrected chi connectivity index (χ3v) is 3.82. The molecule has 0 unspecified atom stereocenters. The van der Waals surface area contributed by atoms with Crippen molar-refractivity contribution >= 4 is 5.69 Å². The van der Waals surface area contributed by atoms with E-state index < -0.39 is 0 Å². The van der Waals surface area contributed by atoms with Gasteiger partial charge in [-0.2, -0.15) is 0 Å². The Hall–Kier alpha value is -1.80. The van der Waals surface area contributed by atoms with Crippen LogP contribution in [0.1, 0.15) is 17.5 Å². The van der Waals surface area contributed by atoms with Gasteiger partial charge in [0, 0.05) is 18.8 Å². The lowest BCUT2D eigenvalue weighted by Crippen LogP contribution is -2.32. The number of benzene rings is 2. The van der Waals surface area contributed by atoms with E-state index in [1.165, 1.54) is 29.7 Å². The molecule has 2 aromatic rings. The van der Waals surface area contributed by atoms with Crippen molar-refractivity contribution < 1.29 is 4.74 Å². The summed E-state index contributed by atoms with van der Waals surface area (Å²) in [6.45, 7) is 3.61. The van der Waals surface area contributed by atoms with Crippen molar-refractivity contribution in [1.82, 2.24) is 0 Å². The highest BCUT2D eigenvalue weighted by molar-refractivity contribution is 5.55. The molecule has 0 N–H and O–H groups in total. The Bertz CT molecular complexity index is 538. The number of aryl methyl sites for hydroxylation is 1. The van der Waals surface area contributed by atoms with Crippen molar-refractivity contribution in [3.63, 3.8) is 0 Å². The first-order chi connectivity index (χ1) is 9.93. The van der Waals surface area contributed by atoms with Crippen molar-refractivity contribution in [3.8, 4) is 0 Å². The normalized spacial score (nSPS) is 14.1. The number of hydrogen-bond donors (Lipinski definition) is 0. The van der Waals surface area contributed by atoms with Crippen molar-refractivity contribution in [2.24, 2.45) is 0 Å². The summed E-state index contributed by atoms with van der Waals surface area (Å²) in [6, 6.07) is 19.1. The SMILES string of the molecule is c1ccc(COCCN2CCCc3ccccc32)cc1. The van der Waals surface area contributed by atoms with Gasteiger partial charge >= 0.3 is 0 Å². The van der Waals surface area contributed by atoms with E-state index in [4.69, 9.17) is 4.74 Å². The maximum atomic E-state index is 5.80. The van der Waals surface area contributed by atoms with Gasteiger partial charge < -0.3 is 9.64 Å². The van der Waals surface area contributed by atoms with Gasteiger partial charge in [0.15, 0.2) is 0 Å². The molecular formula is C18H21NO. The molecule has 0 atom stereocenters. The first-order valence-corrected chi connectivity index (χ1v) is 7.38. The summed E-state index contributed by atoms with van der Waals surface area (Å²) in [5.74, 6) is 0. The Morgan fingerprint density at radius 3 is 2.65 bits per heavy atom. The first-order valence-electron chi connectivity index (χ1n) is 7.38. The second kappa shape index (κ2) is 6.58. The van der Waals surface area contributed by atoms with Crippen LogP contribution in [0.3, 0.4) is 0 Å². The van der Waals surface area contributed by atoms with Crippen molar-refractivity contribution in [3.05, 3.63) is 65.7 Å². The van der Waals surface area contributed by atoms with Crippen LogP contribution in [0.25, 0.3) is 0 Å². The molecule has 0 aliphatic carbocycles. The predicted octanol–water partition coefficient (Wildman–Crippen LogP) is 3.66. The lowest BCUT2D eigenvalue weighted by molar-refractivity contribution is 0.126. The summed E-state index contributed by atoms with van der Waals surface area (Å²) >= 11 is 0. The lowest BCUT2D eigenvalue weighted by atomic mass is 10.0. The van der Waals surface area contributed by atoms with Crippen LogP contribution in [0.4, 0.5) is 5.69 Å². The summed E-state index contributed by atoms with van der Waals surface area (Å²) in [5, 5.41) is 0. The number of fused-ring (bicyclic) bond motifs is 1. The number of nitrogens with zero attached hydrogens (tertiary/aromatic N) is 1. The minimum Gasteiger partial charge on any atom is -0.375 e. The molecule has 2 heteroatoms. The molecule has 0 spiro atoms. The van der Waals surface area contributed by atoms with E-state index in [0.717, 1.165) is 19.7 Å². The molecule has 3 rings (SSSR count). The van der Waals surface area contributed by atoms with Gasteiger partial charge in [0.1, 0.15) is 0 Å². The number of anilines is 1. The molecule has 1 aliphatic heterocycles. The minimum absolute atomic E-state index is 0.705. The standard InChI is InChI=1S/C18H21NO/c1-2-7-16(8-3-1)15-20-14-13-19-12-6-10-17-9-4-5-11-18(17)19/h1-5,7-9,11H,6,10,12-15H2. The summed E-state index contributed by atoms with van der Waals surface area (Å²) in [6.07, 6.45) is 2.45. The Labute approximate surface area is 121 Å². The van der Waals surface area contributed by atoms with E-state index in [1.807, 2.05) is 6.07 Å². The van der Waals surface area contributed by atoms with E-state index in [1.54, 1.807) is 0 Å². The molecule has 0 aromatic heterocycles. The predicted molar refractivity (Wildman–Crippen MR) is 83.1 cm³/mol. The lowest BCUT2D eigenvalue weighted by Gasteiger charge is -2.31. The molecule has 0 saturated heterocycles. The van der Waals surface area contributed by atoms with Gasteiger partial charge in [-0.05, 0) is 30.0 Å². The van der Waals surface area contributed by atoms with Gasteiger partial charge in [0.2, 0.25) is 0 Å². The monoisotopic (exact) mass is 267 g/mol. The number of ether oxygens (including phenoxy) is 1. The van der Waals surface area contributed by atoms with Gasteiger partial charge in [-0.1, -0.05) is 48.5 Å². The average molecular weight is 267 g/mol. The fourth-order valence-corrected chi connectivity index (χ4v) is 2.78. The molecular weight excluding hydrogens is 246 g/mol. The molecule has 1 aliphatic rings. The zero-order valence-corrected chi connectivity index (χ0v) is 11.8. The Morgan fingerprint density at radius 1 is 0.950 bits per heavy atom. The number of rotatable bonds is 5. The zero-order chi connectivity index (χ0) is 13.6. The summed E-state index contributed by atoms with van der Waals surface area (Å²) in [4.78, 5) is 2.45. The Morgan fingerprint density at radius 2 is 1.75 bits per heavy atom. The van der Waals surface area contributed by atoms with Crippen LogP contribution in [-0.4, -0.2) is 19.7 Å². The minimum atomic E-state index is 0.705. The van der Waals surface area contributed by atoms with E-state index >= 15 is 0 Å². The van der Waals surface area contributed by atoms with E-state index in [-0.39, 0.29) is 0 Å². The molecule has 0 bridgehead atoms. The summed E-state index contributed by atoms with van der Waals surface area (Å²) in [7, 11) is 0. The van der Waals surface area contributed by atoms with Crippen LogP contribution in [-0.2, 0) is 17.8 Å². The first kappa shape index (κ1) is 13.2. The molecule has 1 heterocycles. The highest BCUT2D eigenvalue weighted by Gasteiger charge is 2.15. The Balaban J connectivity index is 1.50. The number of para-hydroxylation sites is 1. The highest BCUT2D eigenvalue weighted by Crippen LogP contribution is 2.26. The largest absolute Gasteiger partial charge is 0.375 e. The molecule has 0 amide bonds. The van der Waals surface area contributed by atoms with Gasteiger partial charge in [-0.25, -0.2) is 0 Å². The van der Waals surface area contributed by atoms with Crippen molar-refractivity contribution in [1.29, 1.82) is 0 Å². The second-order valence-corrected chi connectivity index (χ2v) is 5.26. The van der Waals surface area contributed by atoms with Crippen molar-refractivity contribution in [2.75, 3.05) is 24.6 Å². The molecule has 104 valence electrons. The van der Waals surface area contributed by atoms with Crippen LogP contribution >= 0.6 is 0 Å². The van der Waals surface area contributed by atoms with Gasteiger partial charge in [-0.15, -0.1) is 0 Å². The van der Waals surface area contributed by atoms with Crippen LogP contribution in [0.5, 0.6) is 0 Å². The van der Waals surface area contributed by atoms with Crippen LogP contribution < -0.4 is 4.90 Å². The van der Waals surface area contributed by atoms with Crippen molar-refractivity contribution in [2.45, 2.75) is 19.4 Å². The molecule has 2 nitrogen and oxygen atoms in total. The van der Waals surface area contributed by atoms with Gasteiger partial charge in [-0.3, -0.25) is 0 Å². The molecule has 2 aromatic carbocycles. The second-order valence-electron chi connectivity index (χ2n) is 5.26. The quantitative estimate of drug-likeness (QED) is 0.767. The van der Waals surface area contributed by atoms with E-state index in [0.29, 0.717) is 6.61 Å². The maximum Gasteiger partial charge on any atom is 0.0717 e. The molecule has 0 fully saturated rings. The average Bonchev–Trinajstić information content (AvgIpc) is 2.53. The third kappa shape index (κ3) is 3.20. The zero-order valence-electron chi connectivity index (χ0n) is 11.8. The highest BCUT2D eigenvalue weighted by atomic mass is 16.5. The Kier molecular flexibility index (Phi) is 4.34. The fraction of sp³-hybridized carbons (Fsp3) is 0.333. The van der Waals surface area contributed by atoms with Crippen LogP contribution in [0, 0.1) is 0 Å². The third-order valence-electron chi connectivity index (χ3n) is 3.82.